The molecule has 0 unspecified atom stereocenters. The van der Waals surface area contributed by atoms with Crippen molar-refractivity contribution in [2.75, 3.05) is 5.88 Å². The van der Waals surface area contributed by atoms with Gasteiger partial charge in [-0.15, -0.1) is 11.6 Å². The van der Waals surface area contributed by atoms with Crippen molar-refractivity contribution >= 4 is 23.1 Å². The van der Waals surface area contributed by atoms with Crippen molar-refractivity contribution in [2.24, 2.45) is 10.7 Å². The van der Waals surface area contributed by atoms with Crippen LogP contribution < -0.4 is 5.73 Å². The number of nitrogens with two attached hydrogens (primary N) is 1. The highest BCUT2D eigenvalue weighted by molar-refractivity contribution is 6.28. The number of aliphatic imine (C=N–C) groups is 1. The van der Waals surface area contributed by atoms with Gasteiger partial charge in [0.1, 0.15) is 5.84 Å². The van der Waals surface area contributed by atoms with Crippen molar-refractivity contribution in [1.82, 2.24) is 0 Å². The highest BCUT2D eigenvalue weighted by Gasteiger charge is 1.99. The fourth-order valence-electron chi connectivity index (χ4n) is 1.06. The maximum atomic E-state index is 8.94. The second-order valence-corrected chi connectivity index (χ2v) is 3.28. The summed E-state index contributed by atoms with van der Waals surface area (Å²) in [5.74, 6) is 0.591. The number of aryl methyl sites for hydroxylation is 1. The van der Waals surface area contributed by atoms with E-state index in [4.69, 9.17) is 22.4 Å². The molecular formula is C10H13ClN2O. The highest BCUT2D eigenvalue weighted by Crippen LogP contribution is 2.20. The molecular weight excluding hydrogens is 200 g/mol. The molecule has 0 spiro atoms. The number of alkyl halides is 1. The summed E-state index contributed by atoms with van der Waals surface area (Å²) >= 11 is 5.52. The molecule has 0 aliphatic heterocycles. The van der Waals surface area contributed by atoms with Crippen molar-refractivity contribution in [2.45, 2.75) is 13.5 Å². The summed E-state index contributed by atoms with van der Waals surface area (Å²) in [5, 5.41) is 8.94. The zero-order chi connectivity index (χ0) is 10.6. The molecule has 3 N–H and O–H groups in total. The minimum atomic E-state index is 0.00355. The van der Waals surface area contributed by atoms with Crippen molar-refractivity contribution in [1.29, 1.82) is 0 Å². The Morgan fingerprint density at radius 2 is 2.29 bits per heavy atom. The Kier molecular flexibility index (Phi) is 3.92. The van der Waals surface area contributed by atoms with E-state index in [1.807, 2.05) is 19.1 Å². The Labute approximate surface area is 88.2 Å². The molecule has 1 aromatic rings. The van der Waals surface area contributed by atoms with E-state index in [-0.39, 0.29) is 12.5 Å². The van der Waals surface area contributed by atoms with E-state index in [1.54, 1.807) is 6.07 Å². The third-order valence-electron chi connectivity index (χ3n) is 1.86. The molecule has 0 aliphatic rings. The van der Waals surface area contributed by atoms with E-state index in [1.165, 1.54) is 0 Å². The average molecular weight is 213 g/mol. The zero-order valence-electron chi connectivity index (χ0n) is 8.00. The number of hydrogen-bond donors (Lipinski definition) is 2. The molecule has 0 radical (unpaired) electrons. The van der Waals surface area contributed by atoms with Gasteiger partial charge in [-0.05, 0) is 24.1 Å². The maximum Gasteiger partial charge on any atom is 0.115 e. The molecule has 4 heteroatoms. The van der Waals surface area contributed by atoms with Crippen LogP contribution in [-0.4, -0.2) is 16.8 Å². The average Bonchev–Trinajstić information content (AvgIpc) is 2.21. The standard InChI is InChI=1S/C10H13ClN2O/c1-7-2-3-8(6-14)4-9(7)13-10(12)5-11/h2-4,14H,5-6H2,1H3,(H2,12,13). The van der Waals surface area contributed by atoms with Gasteiger partial charge in [0.15, 0.2) is 0 Å². The first-order chi connectivity index (χ1) is 6.67. The predicted molar refractivity (Wildman–Crippen MR) is 59.1 cm³/mol. The quantitative estimate of drug-likeness (QED) is 0.455. The number of nitrogens with zero attached hydrogens (tertiary/aromatic N) is 1. The van der Waals surface area contributed by atoms with Gasteiger partial charge in [0.25, 0.3) is 0 Å². The van der Waals surface area contributed by atoms with Crippen LogP contribution in [0.2, 0.25) is 0 Å². The van der Waals surface area contributed by atoms with Gasteiger partial charge in [-0.1, -0.05) is 12.1 Å². The molecule has 1 aromatic carbocycles. The highest BCUT2D eigenvalue weighted by atomic mass is 35.5. The van der Waals surface area contributed by atoms with E-state index in [2.05, 4.69) is 4.99 Å². The molecule has 0 aromatic heterocycles. The summed E-state index contributed by atoms with van der Waals surface area (Å²) in [7, 11) is 0. The summed E-state index contributed by atoms with van der Waals surface area (Å²) in [6, 6.07) is 5.55. The molecule has 0 saturated heterocycles. The van der Waals surface area contributed by atoms with Crippen LogP contribution in [0.3, 0.4) is 0 Å². The Balaban J connectivity index is 3.06. The molecule has 76 valence electrons. The van der Waals surface area contributed by atoms with Gasteiger partial charge in [0, 0.05) is 0 Å². The van der Waals surface area contributed by atoms with E-state index >= 15 is 0 Å². The normalized spacial score (nSPS) is 11.8. The lowest BCUT2D eigenvalue weighted by Gasteiger charge is -2.03. The van der Waals surface area contributed by atoms with Gasteiger partial charge in [0.2, 0.25) is 0 Å². The molecule has 0 aliphatic carbocycles. The second kappa shape index (κ2) is 4.98. The lowest BCUT2D eigenvalue weighted by molar-refractivity contribution is 0.282. The summed E-state index contributed by atoms with van der Waals surface area (Å²) in [4.78, 5) is 4.14. The third-order valence-corrected chi connectivity index (χ3v) is 2.13. The Bertz CT molecular complexity index is 350. The zero-order valence-corrected chi connectivity index (χ0v) is 8.75. The molecule has 0 atom stereocenters. The van der Waals surface area contributed by atoms with E-state index < -0.39 is 0 Å². The van der Waals surface area contributed by atoms with Crippen molar-refractivity contribution in [3.63, 3.8) is 0 Å². The Morgan fingerprint density at radius 1 is 1.57 bits per heavy atom. The lowest BCUT2D eigenvalue weighted by atomic mass is 10.1. The lowest BCUT2D eigenvalue weighted by Crippen LogP contribution is -2.12. The van der Waals surface area contributed by atoms with Gasteiger partial charge < -0.3 is 10.8 Å². The summed E-state index contributed by atoms with van der Waals surface area (Å²) in [6.45, 7) is 1.94. The minimum absolute atomic E-state index is 0.00355. The molecule has 0 saturated carbocycles. The fourth-order valence-corrected chi connectivity index (χ4v) is 1.12. The largest absolute Gasteiger partial charge is 0.392 e. The smallest absolute Gasteiger partial charge is 0.115 e. The SMILES string of the molecule is Cc1ccc(CO)cc1N=C(N)CCl. The number of rotatable bonds is 3. The second-order valence-electron chi connectivity index (χ2n) is 3.02. The van der Waals surface area contributed by atoms with Gasteiger partial charge in [0.05, 0.1) is 18.2 Å². The van der Waals surface area contributed by atoms with Gasteiger partial charge in [-0.2, -0.15) is 0 Å². The van der Waals surface area contributed by atoms with Crippen LogP contribution in [0.15, 0.2) is 23.2 Å². The van der Waals surface area contributed by atoms with E-state index in [0.29, 0.717) is 5.84 Å². The number of benzene rings is 1. The van der Waals surface area contributed by atoms with Crippen LogP contribution in [0.5, 0.6) is 0 Å². The first-order valence-electron chi connectivity index (χ1n) is 4.26. The molecule has 0 fully saturated rings. The van der Waals surface area contributed by atoms with Crippen LogP contribution in [0.4, 0.5) is 5.69 Å². The van der Waals surface area contributed by atoms with Crippen LogP contribution in [0, 0.1) is 6.92 Å². The van der Waals surface area contributed by atoms with Crippen molar-refractivity contribution < 1.29 is 5.11 Å². The number of aliphatic hydroxyl groups excluding tert-OH is 1. The molecule has 1 rings (SSSR count). The first-order valence-corrected chi connectivity index (χ1v) is 4.80. The van der Waals surface area contributed by atoms with E-state index in [0.717, 1.165) is 16.8 Å². The van der Waals surface area contributed by atoms with Crippen LogP contribution in [0.25, 0.3) is 0 Å². The predicted octanol–water partition coefficient (Wildman–Crippen LogP) is 1.71. The van der Waals surface area contributed by atoms with Gasteiger partial charge in [-0.25, -0.2) is 4.99 Å². The number of hydrogen-bond acceptors (Lipinski definition) is 2. The molecule has 3 nitrogen and oxygen atoms in total. The monoisotopic (exact) mass is 212 g/mol. The van der Waals surface area contributed by atoms with E-state index in [9.17, 15) is 0 Å². The number of aliphatic hydroxyl groups is 1. The maximum absolute atomic E-state index is 8.94. The van der Waals surface area contributed by atoms with Gasteiger partial charge >= 0.3 is 0 Å². The molecule has 0 bridgehead atoms. The molecule has 14 heavy (non-hydrogen) atoms. The van der Waals surface area contributed by atoms with Crippen molar-refractivity contribution in [3.8, 4) is 0 Å². The summed E-state index contributed by atoms with van der Waals surface area (Å²) in [5.41, 5.74) is 8.11. The molecule has 0 amide bonds. The van der Waals surface area contributed by atoms with Crippen LogP contribution >= 0.6 is 11.6 Å². The fraction of sp³-hybridized carbons (Fsp3) is 0.300. The Morgan fingerprint density at radius 3 is 2.86 bits per heavy atom. The third kappa shape index (κ3) is 2.72. The minimum Gasteiger partial charge on any atom is -0.392 e. The Hall–Kier alpha value is -1.06. The first kappa shape index (κ1) is 11.0. The van der Waals surface area contributed by atoms with Crippen LogP contribution in [-0.2, 0) is 6.61 Å². The number of amidine groups is 1. The number of halogens is 1. The topological polar surface area (TPSA) is 58.6 Å². The summed E-state index contributed by atoms with van der Waals surface area (Å²) < 4.78 is 0. The van der Waals surface area contributed by atoms with Crippen LogP contribution in [0.1, 0.15) is 11.1 Å². The van der Waals surface area contributed by atoms with Crippen molar-refractivity contribution in [3.05, 3.63) is 29.3 Å². The summed E-state index contributed by atoms with van der Waals surface area (Å²) in [6.07, 6.45) is 0. The molecule has 0 heterocycles. The van der Waals surface area contributed by atoms with Gasteiger partial charge in [-0.3, -0.25) is 0 Å².